The van der Waals surface area contributed by atoms with Gasteiger partial charge in [-0.3, -0.25) is 0 Å². The fourth-order valence-corrected chi connectivity index (χ4v) is 2.93. The maximum atomic E-state index is 6.17. The summed E-state index contributed by atoms with van der Waals surface area (Å²) in [4.78, 5) is 0.806. The molecule has 0 saturated heterocycles. The van der Waals surface area contributed by atoms with E-state index in [1.54, 1.807) is 4.52 Å². The van der Waals surface area contributed by atoms with Crippen molar-refractivity contribution >= 4 is 16.3 Å². The van der Waals surface area contributed by atoms with Gasteiger partial charge in [0.05, 0.1) is 5.54 Å². The lowest BCUT2D eigenvalue weighted by Gasteiger charge is -2.00. The van der Waals surface area contributed by atoms with E-state index in [1.165, 1.54) is 11.3 Å². The largest absolute Gasteiger partial charge is 0.319 e. The van der Waals surface area contributed by atoms with E-state index in [1.807, 2.05) is 30.3 Å². The van der Waals surface area contributed by atoms with Gasteiger partial charge in [0, 0.05) is 5.56 Å². The Kier molecular flexibility index (Phi) is 1.90. The van der Waals surface area contributed by atoms with Crippen molar-refractivity contribution in [2.45, 2.75) is 18.4 Å². The summed E-state index contributed by atoms with van der Waals surface area (Å²) < 4.78 is 1.79. The number of nitrogens with zero attached hydrogens (tertiary/aromatic N) is 4. The Hall–Kier alpha value is -1.79. The van der Waals surface area contributed by atoms with Crippen molar-refractivity contribution in [2.75, 3.05) is 0 Å². The number of fused-ring (bicyclic) bond motifs is 1. The first kappa shape index (κ1) is 10.2. The fourth-order valence-electron chi connectivity index (χ4n) is 1.93. The first-order valence-corrected chi connectivity index (χ1v) is 6.65. The highest BCUT2D eigenvalue weighted by Crippen LogP contribution is 2.44. The van der Waals surface area contributed by atoms with E-state index >= 15 is 0 Å². The molecule has 18 heavy (non-hydrogen) atoms. The Balaban J connectivity index is 1.89. The molecular weight excluding hydrogens is 246 g/mol. The number of aromatic nitrogens is 4. The zero-order chi connectivity index (χ0) is 12.2. The molecule has 0 aliphatic heterocycles. The summed E-state index contributed by atoms with van der Waals surface area (Å²) in [6.07, 6.45) is 2.02. The normalized spacial score (nSPS) is 17.2. The maximum Gasteiger partial charge on any atom is 0.235 e. The lowest BCUT2D eigenvalue weighted by molar-refractivity contribution is 0.706. The van der Waals surface area contributed by atoms with E-state index < -0.39 is 0 Å². The molecule has 3 aromatic rings. The van der Waals surface area contributed by atoms with Crippen LogP contribution < -0.4 is 5.73 Å². The van der Waals surface area contributed by atoms with Crippen LogP contribution in [0.4, 0.5) is 0 Å². The minimum absolute atomic E-state index is 0.209. The van der Waals surface area contributed by atoms with Gasteiger partial charge in [-0.1, -0.05) is 41.7 Å². The molecule has 0 atom stereocenters. The number of nitrogens with two attached hydrogens (primary N) is 1. The van der Waals surface area contributed by atoms with Crippen LogP contribution in [0.2, 0.25) is 0 Å². The van der Waals surface area contributed by atoms with E-state index in [-0.39, 0.29) is 5.54 Å². The highest BCUT2D eigenvalue weighted by Gasteiger charge is 2.43. The zero-order valence-corrected chi connectivity index (χ0v) is 10.4. The second kappa shape index (κ2) is 3.37. The van der Waals surface area contributed by atoms with Crippen LogP contribution in [-0.4, -0.2) is 19.8 Å². The van der Waals surface area contributed by atoms with Crippen molar-refractivity contribution in [3.63, 3.8) is 0 Å². The van der Waals surface area contributed by atoms with Crippen LogP contribution in [0.25, 0.3) is 16.3 Å². The summed E-state index contributed by atoms with van der Waals surface area (Å²) >= 11 is 1.54. The van der Waals surface area contributed by atoms with Gasteiger partial charge in [-0.2, -0.15) is 9.61 Å². The van der Waals surface area contributed by atoms with E-state index in [4.69, 9.17) is 5.73 Å². The highest BCUT2D eigenvalue weighted by molar-refractivity contribution is 7.16. The molecule has 2 heterocycles. The molecule has 0 unspecified atom stereocenters. The van der Waals surface area contributed by atoms with E-state index in [0.29, 0.717) is 0 Å². The van der Waals surface area contributed by atoms with Crippen LogP contribution in [0.5, 0.6) is 0 Å². The molecule has 0 amide bonds. The van der Waals surface area contributed by atoms with E-state index in [0.717, 1.165) is 34.2 Å². The number of benzene rings is 1. The molecule has 1 aromatic carbocycles. The van der Waals surface area contributed by atoms with Gasteiger partial charge in [0.2, 0.25) is 4.96 Å². The van der Waals surface area contributed by atoms with Crippen LogP contribution in [-0.2, 0) is 5.54 Å². The quantitative estimate of drug-likeness (QED) is 0.760. The first-order valence-electron chi connectivity index (χ1n) is 5.83. The second-order valence-electron chi connectivity index (χ2n) is 4.65. The van der Waals surface area contributed by atoms with Gasteiger partial charge >= 0.3 is 0 Å². The highest BCUT2D eigenvalue weighted by atomic mass is 32.1. The Morgan fingerprint density at radius 3 is 2.67 bits per heavy atom. The van der Waals surface area contributed by atoms with Crippen molar-refractivity contribution in [1.82, 2.24) is 19.8 Å². The second-order valence-corrected chi connectivity index (χ2v) is 5.60. The SMILES string of the molecule is NC1(c2nn3c(-c4ccccc4)nnc3s2)CC1. The molecule has 90 valence electrons. The Bertz CT molecular complexity index is 710. The molecule has 4 rings (SSSR count). The average Bonchev–Trinajstić information content (AvgIpc) is 2.86. The standard InChI is InChI=1S/C12H11N5S/c13-12(6-7-12)10-16-17-9(14-15-11(17)18-10)8-4-2-1-3-5-8/h1-5H,6-7,13H2. The summed E-state index contributed by atoms with van der Waals surface area (Å²) in [6, 6.07) is 9.95. The predicted molar refractivity (Wildman–Crippen MR) is 69.2 cm³/mol. The van der Waals surface area contributed by atoms with Gasteiger partial charge in [-0.15, -0.1) is 10.2 Å². The smallest absolute Gasteiger partial charge is 0.235 e. The molecule has 6 heteroatoms. The summed E-state index contributed by atoms with van der Waals surface area (Å²) in [6.45, 7) is 0. The first-order chi connectivity index (χ1) is 8.76. The van der Waals surface area contributed by atoms with Crippen LogP contribution in [0.15, 0.2) is 30.3 Å². The van der Waals surface area contributed by atoms with E-state index in [2.05, 4.69) is 15.3 Å². The van der Waals surface area contributed by atoms with Gasteiger partial charge in [0.15, 0.2) is 5.82 Å². The molecule has 0 spiro atoms. The van der Waals surface area contributed by atoms with Gasteiger partial charge < -0.3 is 5.73 Å². The Morgan fingerprint density at radius 1 is 1.17 bits per heavy atom. The molecule has 1 aliphatic rings. The van der Waals surface area contributed by atoms with Crippen LogP contribution in [0, 0.1) is 0 Å². The summed E-state index contributed by atoms with van der Waals surface area (Å²) in [5.74, 6) is 0.775. The molecule has 5 nitrogen and oxygen atoms in total. The third kappa shape index (κ3) is 1.39. The molecule has 2 aromatic heterocycles. The molecule has 1 aliphatic carbocycles. The molecular formula is C12H11N5S. The van der Waals surface area contributed by atoms with Crippen molar-refractivity contribution in [1.29, 1.82) is 0 Å². The van der Waals surface area contributed by atoms with Crippen LogP contribution >= 0.6 is 11.3 Å². The Labute approximate surface area is 107 Å². The maximum absolute atomic E-state index is 6.17. The molecule has 0 bridgehead atoms. The number of rotatable bonds is 2. The summed E-state index contributed by atoms with van der Waals surface area (Å²) in [5, 5.41) is 13.9. The molecule has 1 saturated carbocycles. The lowest BCUT2D eigenvalue weighted by Crippen LogP contribution is -2.18. The molecule has 0 radical (unpaired) electrons. The minimum Gasteiger partial charge on any atom is -0.319 e. The van der Waals surface area contributed by atoms with Gasteiger partial charge in [0.1, 0.15) is 5.01 Å². The van der Waals surface area contributed by atoms with Crippen molar-refractivity contribution < 1.29 is 0 Å². The molecule has 1 fully saturated rings. The summed E-state index contributed by atoms with van der Waals surface area (Å²) in [7, 11) is 0. The predicted octanol–water partition coefficient (Wildman–Crippen LogP) is 1.80. The zero-order valence-electron chi connectivity index (χ0n) is 9.58. The van der Waals surface area contributed by atoms with Crippen molar-refractivity contribution in [3.05, 3.63) is 35.3 Å². The van der Waals surface area contributed by atoms with Crippen molar-refractivity contribution in [3.8, 4) is 11.4 Å². The number of hydrogen-bond acceptors (Lipinski definition) is 5. The average molecular weight is 257 g/mol. The van der Waals surface area contributed by atoms with Gasteiger partial charge in [-0.05, 0) is 12.8 Å². The fraction of sp³-hybridized carbons (Fsp3) is 0.250. The van der Waals surface area contributed by atoms with E-state index in [9.17, 15) is 0 Å². The third-order valence-electron chi connectivity index (χ3n) is 3.24. The topological polar surface area (TPSA) is 69.1 Å². The van der Waals surface area contributed by atoms with Crippen molar-refractivity contribution in [2.24, 2.45) is 5.73 Å². The van der Waals surface area contributed by atoms with Gasteiger partial charge in [-0.25, -0.2) is 0 Å². The molecule has 2 N–H and O–H groups in total. The van der Waals surface area contributed by atoms with Crippen LogP contribution in [0.3, 0.4) is 0 Å². The minimum atomic E-state index is -0.209. The Morgan fingerprint density at radius 2 is 1.94 bits per heavy atom. The summed E-state index contributed by atoms with van der Waals surface area (Å²) in [5.41, 5.74) is 6.97. The lowest BCUT2D eigenvalue weighted by atomic mass is 10.2. The monoisotopic (exact) mass is 257 g/mol. The van der Waals surface area contributed by atoms with Crippen LogP contribution in [0.1, 0.15) is 17.8 Å². The number of hydrogen-bond donors (Lipinski definition) is 1. The van der Waals surface area contributed by atoms with Gasteiger partial charge in [0.25, 0.3) is 0 Å². The third-order valence-corrected chi connectivity index (χ3v) is 4.36.